The fourth-order valence-electron chi connectivity index (χ4n) is 1.44. The summed E-state index contributed by atoms with van der Waals surface area (Å²) in [5, 5.41) is 2.31. The number of hydrogen-bond donors (Lipinski definition) is 1. The van der Waals surface area contributed by atoms with Gasteiger partial charge in [0.1, 0.15) is 11.6 Å². The Hall–Kier alpha value is -1.44. The number of hydrazine groups is 1. The third-order valence-corrected chi connectivity index (χ3v) is 3.23. The van der Waals surface area contributed by atoms with E-state index in [1.165, 1.54) is 11.3 Å². The van der Waals surface area contributed by atoms with E-state index in [4.69, 9.17) is 17.4 Å². The monoisotopic (exact) mass is 272 g/mol. The summed E-state index contributed by atoms with van der Waals surface area (Å²) in [6.45, 7) is 1.69. The van der Waals surface area contributed by atoms with Crippen LogP contribution in [0.15, 0.2) is 11.6 Å². The molecule has 17 heavy (non-hydrogen) atoms. The summed E-state index contributed by atoms with van der Waals surface area (Å²) in [5.74, 6) is 3.80. The molecule has 2 aromatic heterocycles. The summed E-state index contributed by atoms with van der Waals surface area (Å²) in [7, 11) is 0. The van der Waals surface area contributed by atoms with Crippen molar-refractivity contribution in [3.05, 3.63) is 23.0 Å². The number of thiazole rings is 1. The molecular formula is C9H9ClN4O2S. The summed E-state index contributed by atoms with van der Waals surface area (Å²) in [5.41, 5.74) is 0.807. The van der Waals surface area contributed by atoms with Gasteiger partial charge in [-0.1, -0.05) is 0 Å². The number of amides is 2. The molecule has 0 aliphatic carbocycles. The van der Waals surface area contributed by atoms with Gasteiger partial charge in [-0.05, 0) is 6.92 Å². The van der Waals surface area contributed by atoms with Gasteiger partial charge in [0.2, 0.25) is 0 Å². The van der Waals surface area contributed by atoms with E-state index < -0.39 is 11.8 Å². The lowest BCUT2D eigenvalue weighted by Gasteiger charge is -2.12. The smallest absolute Gasteiger partial charge is 0.286 e. The maximum absolute atomic E-state index is 12.0. The third-order valence-electron chi connectivity index (χ3n) is 2.24. The molecule has 2 N–H and O–H groups in total. The van der Waals surface area contributed by atoms with Crippen LogP contribution < -0.4 is 5.84 Å². The Morgan fingerprint density at radius 3 is 3.00 bits per heavy atom. The second kappa shape index (κ2) is 4.44. The average molecular weight is 273 g/mol. The zero-order valence-electron chi connectivity index (χ0n) is 8.88. The third kappa shape index (κ3) is 1.92. The minimum absolute atomic E-state index is 0.280. The summed E-state index contributed by atoms with van der Waals surface area (Å²) in [6, 6.07) is 0. The van der Waals surface area contributed by atoms with Gasteiger partial charge in [0, 0.05) is 11.6 Å². The highest BCUT2D eigenvalue weighted by atomic mass is 35.5. The van der Waals surface area contributed by atoms with Crippen LogP contribution in [-0.2, 0) is 4.79 Å². The number of carbonyl (C=O) groups is 2. The van der Waals surface area contributed by atoms with Crippen LogP contribution in [0.5, 0.6) is 0 Å². The van der Waals surface area contributed by atoms with Crippen molar-refractivity contribution in [1.82, 2.24) is 14.4 Å². The summed E-state index contributed by atoms with van der Waals surface area (Å²) >= 11 is 6.74. The summed E-state index contributed by atoms with van der Waals surface area (Å²) in [4.78, 5) is 28.1. The first-order chi connectivity index (χ1) is 8.06. The van der Waals surface area contributed by atoms with E-state index in [2.05, 4.69) is 4.98 Å². The quantitative estimate of drug-likeness (QED) is 0.379. The fourth-order valence-corrected chi connectivity index (χ4v) is 2.33. The summed E-state index contributed by atoms with van der Waals surface area (Å²) in [6.07, 6.45) is 1.70. The average Bonchev–Trinajstić information content (AvgIpc) is 2.85. The maximum Gasteiger partial charge on any atom is 0.293 e. The van der Waals surface area contributed by atoms with Crippen molar-refractivity contribution >= 4 is 39.7 Å². The molecular weight excluding hydrogens is 264 g/mol. The van der Waals surface area contributed by atoms with Gasteiger partial charge in [0.05, 0.1) is 5.69 Å². The zero-order valence-corrected chi connectivity index (χ0v) is 10.5. The number of hydrogen-bond acceptors (Lipinski definition) is 5. The first-order valence-corrected chi connectivity index (χ1v) is 6.07. The van der Waals surface area contributed by atoms with Crippen LogP contribution in [0.4, 0.5) is 0 Å². The number of aromatic nitrogens is 2. The number of carbonyl (C=O) groups excluding carboxylic acids is 2. The fraction of sp³-hybridized carbons (Fsp3) is 0.222. The molecule has 0 aliphatic heterocycles. The van der Waals surface area contributed by atoms with Crippen molar-refractivity contribution in [3.8, 4) is 0 Å². The first-order valence-electron chi connectivity index (χ1n) is 4.66. The SMILES string of the molecule is Cc1nc2sccn2c1C(=O)N(N)C(=O)CCl. The molecule has 0 bridgehead atoms. The topological polar surface area (TPSA) is 80.7 Å². The molecule has 90 valence electrons. The molecule has 0 spiro atoms. The predicted octanol–water partition coefficient (Wildman–Crippen LogP) is 0.786. The Labute approximate surface area is 106 Å². The van der Waals surface area contributed by atoms with E-state index in [1.54, 1.807) is 22.9 Å². The minimum atomic E-state index is -0.652. The Morgan fingerprint density at radius 1 is 1.65 bits per heavy atom. The van der Waals surface area contributed by atoms with Crippen molar-refractivity contribution in [2.75, 3.05) is 5.88 Å². The van der Waals surface area contributed by atoms with Crippen LogP contribution in [0.2, 0.25) is 0 Å². The number of rotatable bonds is 2. The Kier molecular flexibility index (Phi) is 3.14. The molecule has 0 fully saturated rings. The molecule has 2 aromatic rings. The molecule has 0 radical (unpaired) electrons. The normalized spacial score (nSPS) is 10.8. The Morgan fingerprint density at radius 2 is 2.35 bits per heavy atom. The molecule has 0 aromatic carbocycles. The van der Waals surface area contributed by atoms with E-state index in [0.717, 1.165) is 0 Å². The number of alkyl halides is 1. The van der Waals surface area contributed by atoms with E-state index in [9.17, 15) is 9.59 Å². The molecule has 8 heteroatoms. The molecule has 2 rings (SSSR count). The number of nitrogens with zero attached hydrogens (tertiary/aromatic N) is 3. The number of imide groups is 1. The molecule has 6 nitrogen and oxygen atoms in total. The lowest BCUT2D eigenvalue weighted by molar-refractivity contribution is -0.126. The second-order valence-electron chi connectivity index (χ2n) is 3.30. The van der Waals surface area contributed by atoms with E-state index in [-0.39, 0.29) is 11.6 Å². The highest BCUT2D eigenvalue weighted by molar-refractivity contribution is 7.15. The largest absolute Gasteiger partial charge is 0.293 e. The number of halogens is 1. The molecule has 0 atom stereocenters. The van der Waals surface area contributed by atoms with Crippen LogP contribution in [-0.4, -0.2) is 32.1 Å². The van der Waals surface area contributed by atoms with Gasteiger partial charge >= 0.3 is 0 Å². The molecule has 0 saturated heterocycles. The van der Waals surface area contributed by atoms with Gasteiger partial charge in [-0.15, -0.1) is 22.9 Å². The predicted molar refractivity (Wildman–Crippen MR) is 63.9 cm³/mol. The number of imidazole rings is 1. The highest BCUT2D eigenvalue weighted by Gasteiger charge is 2.24. The summed E-state index contributed by atoms with van der Waals surface area (Å²) < 4.78 is 1.60. The van der Waals surface area contributed by atoms with Crippen molar-refractivity contribution in [3.63, 3.8) is 0 Å². The van der Waals surface area contributed by atoms with Crippen molar-refractivity contribution in [2.45, 2.75) is 6.92 Å². The Balaban J connectivity index is 2.45. The second-order valence-corrected chi connectivity index (χ2v) is 4.44. The van der Waals surface area contributed by atoms with Crippen LogP contribution in [0.3, 0.4) is 0 Å². The maximum atomic E-state index is 12.0. The zero-order chi connectivity index (χ0) is 12.6. The van der Waals surface area contributed by atoms with Gasteiger partial charge < -0.3 is 0 Å². The van der Waals surface area contributed by atoms with Gasteiger partial charge in [0.25, 0.3) is 11.8 Å². The number of nitrogens with two attached hydrogens (primary N) is 1. The van der Waals surface area contributed by atoms with E-state index in [0.29, 0.717) is 15.7 Å². The van der Waals surface area contributed by atoms with Crippen molar-refractivity contribution in [2.24, 2.45) is 5.84 Å². The van der Waals surface area contributed by atoms with Crippen LogP contribution >= 0.6 is 22.9 Å². The lowest BCUT2D eigenvalue weighted by Crippen LogP contribution is -2.44. The van der Waals surface area contributed by atoms with Gasteiger partial charge in [-0.25, -0.2) is 15.8 Å². The molecule has 0 unspecified atom stereocenters. The van der Waals surface area contributed by atoms with E-state index in [1.807, 2.05) is 0 Å². The standard InChI is InChI=1S/C9H9ClN4O2S/c1-5-7(8(16)14(11)6(15)4-10)13-2-3-17-9(13)12-5/h2-3H,4,11H2,1H3. The number of aryl methyl sites for hydroxylation is 1. The van der Waals surface area contributed by atoms with Crippen LogP contribution in [0, 0.1) is 6.92 Å². The lowest BCUT2D eigenvalue weighted by atomic mass is 10.3. The van der Waals surface area contributed by atoms with Crippen LogP contribution in [0.25, 0.3) is 4.96 Å². The minimum Gasteiger partial charge on any atom is -0.286 e. The van der Waals surface area contributed by atoms with Gasteiger partial charge in [-0.3, -0.25) is 14.0 Å². The van der Waals surface area contributed by atoms with Crippen molar-refractivity contribution < 1.29 is 9.59 Å². The van der Waals surface area contributed by atoms with Crippen LogP contribution in [0.1, 0.15) is 16.2 Å². The molecule has 2 amide bonds. The number of fused-ring (bicyclic) bond motifs is 1. The van der Waals surface area contributed by atoms with E-state index >= 15 is 0 Å². The molecule has 2 heterocycles. The molecule has 0 aliphatic rings. The van der Waals surface area contributed by atoms with Crippen molar-refractivity contribution in [1.29, 1.82) is 0 Å². The highest BCUT2D eigenvalue weighted by Crippen LogP contribution is 2.17. The first kappa shape index (κ1) is 12.0. The van der Waals surface area contributed by atoms with Gasteiger partial charge in [0.15, 0.2) is 4.96 Å². The van der Waals surface area contributed by atoms with Gasteiger partial charge in [-0.2, -0.15) is 0 Å². The molecule has 0 saturated carbocycles. The Bertz CT molecular complexity index is 591.